The fourth-order valence-corrected chi connectivity index (χ4v) is 2.69. The number of anilines is 1. The topological polar surface area (TPSA) is 76.4 Å². The van der Waals surface area contributed by atoms with Crippen molar-refractivity contribution in [1.82, 2.24) is 19.9 Å². The van der Waals surface area contributed by atoms with Gasteiger partial charge in [-0.1, -0.05) is 11.3 Å². The van der Waals surface area contributed by atoms with Crippen LogP contribution in [0.1, 0.15) is 6.92 Å². The van der Waals surface area contributed by atoms with Gasteiger partial charge in [0.1, 0.15) is 10.5 Å². The lowest BCUT2D eigenvalue weighted by Crippen LogP contribution is -2.24. The van der Waals surface area contributed by atoms with Crippen LogP contribution < -0.4 is 15.4 Å². The fraction of sp³-hybridized carbons (Fsp3) is 0.500. The highest BCUT2D eigenvalue weighted by Crippen LogP contribution is 2.22. The zero-order chi connectivity index (χ0) is 15.2. The van der Waals surface area contributed by atoms with Crippen LogP contribution in [0.3, 0.4) is 0 Å². The van der Waals surface area contributed by atoms with Crippen molar-refractivity contribution in [3.8, 4) is 0 Å². The first-order valence-electron chi connectivity index (χ1n) is 6.54. The Morgan fingerprint density at radius 3 is 3.05 bits per heavy atom. The standard InChI is InChI=1S/C12H18N6OS2/c1-4-19-6-5-18-7-15-8-9(18)16-12(14-3)21-10(8)17-11(20)13-2/h7H,4-6H2,1-3H3,(H2,13,17,20). The van der Waals surface area contributed by atoms with E-state index in [4.69, 9.17) is 17.0 Å². The Kier molecular flexibility index (Phi) is 5.59. The molecule has 0 bridgehead atoms. The summed E-state index contributed by atoms with van der Waals surface area (Å²) in [7, 11) is 3.48. The highest BCUT2D eigenvalue weighted by Gasteiger charge is 2.11. The minimum absolute atomic E-state index is 0.532. The summed E-state index contributed by atoms with van der Waals surface area (Å²) in [5.41, 5.74) is 1.55. The molecule has 0 aromatic carbocycles. The zero-order valence-corrected chi connectivity index (χ0v) is 13.8. The molecular weight excluding hydrogens is 308 g/mol. The molecule has 9 heteroatoms. The van der Waals surface area contributed by atoms with Crippen LogP contribution in [0.4, 0.5) is 5.00 Å². The molecule has 2 N–H and O–H groups in total. The van der Waals surface area contributed by atoms with Gasteiger partial charge in [0, 0.05) is 27.2 Å². The quantitative estimate of drug-likeness (QED) is 0.630. The maximum absolute atomic E-state index is 5.38. The summed E-state index contributed by atoms with van der Waals surface area (Å²) in [6.07, 6.45) is 1.76. The molecule has 2 aromatic rings. The van der Waals surface area contributed by atoms with E-state index in [2.05, 4.69) is 25.6 Å². The molecule has 0 aliphatic carbocycles. The Balaban J connectivity index is 2.42. The SMILES string of the molecule is CCOCCn1cnc2c(NC(=S)NC)sc(=NC)nc21. The van der Waals surface area contributed by atoms with Crippen molar-refractivity contribution in [2.24, 2.45) is 4.99 Å². The van der Waals surface area contributed by atoms with Gasteiger partial charge in [0.25, 0.3) is 0 Å². The number of nitrogens with zero attached hydrogens (tertiary/aromatic N) is 4. The van der Waals surface area contributed by atoms with Crippen LogP contribution in [0.2, 0.25) is 0 Å². The molecule has 7 nitrogen and oxygen atoms in total. The van der Waals surface area contributed by atoms with Crippen LogP contribution in [0.15, 0.2) is 11.3 Å². The molecule has 0 saturated carbocycles. The summed E-state index contributed by atoms with van der Waals surface area (Å²) in [6, 6.07) is 0. The lowest BCUT2D eigenvalue weighted by Gasteiger charge is -2.07. The van der Waals surface area contributed by atoms with Crippen LogP contribution in [0, 0.1) is 0 Å². The van der Waals surface area contributed by atoms with Gasteiger partial charge in [-0.2, -0.15) is 4.98 Å². The third-order valence-electron chi connectivity index (χ3n) is 2.75. The Hall–Kier alpha value is -1.58. The van der Waals surface area contributed by atoms with Gasteiger partial charge in [0.2, 0.25) is 4.80 Å². The molecule has 0 aliphatic rings. The number of fused-ring (bicyclic) bond motifs is 1. The van der Waals surface area contributed by atoms with E-state index in [0.717, 1.165) is 16.2 Å². The predicted molar refractivity (Wildman–Crippen MR) is 88.7 cm³/mol. The van der Waals surface area contributed by atoms with E-state index in [1.54, 1.807) is 20.4 Å². The van der Waals surface area contributed by atoms with E-state index in [1.807, 2.05) is 11.5 Å². The van der Waals surface area contributed by atoms with E-state index in [-0.39, 0.29) is 0 Å². The van der Waals surface area contributed by atoms with Gasteiger partial charge in [0.05, 0.1) is 12.9 Å². The normalized spacial score (nSPS) is 11.9. The number of hydrogen-bond acceptors (Lipinski definition) is 6. The summed E-state index contributed by atoms with van der Waals surface area (Å²) in [4.78, 5) is 13.8. The molecule has 0 spiro atoms. The molecule has 2 rings (SSSR count). The number of thiocarbonyl (C=S) groups is 1. The van der Waals surface area contributed by atoms with Crippen molar-refractivity contribution in [3.05, 3.63) is 11.1 Å². The number of rotatable bonds is 5. The molecule has 21 heavy (non-hydrogen) atoms. The highest BCUT2D eigenvalue weighted by atomic mass is 32.1. The van der Waals surface area contributed by atoms with E-state index >= 15 is 0 Å². The fourth-order valence-electron chi connectivity index (χ4n) is 1.72. The van der Waals surface area contributed by atoms with Crippen LogP contribution >= 0.6 is 23.6 Å². The van der Waals surface area contributed by atoms with Gasteiger partial charge in [0.15, 0.2) is 10.8 Å². The van der Waals surface area contributed by atoms with Crippen molar-refractivity contribution >= 4 is 44.8 Å². The largest absolute Gasteiger partial charge is 0.380 e. The van der Waals surface area contributed by atoms with Gasteiger partial charge in [-0.05, 0) is 19.1 Å². The van der Waals surface area contributed by atoms with Crippen molar-refractivity contribution in [1.29, 1.82) is 0 Å². The molecule has 0 saturated heterocycles. The minimum atomic E-state index is 0.532. The van der Waals surface area contributed by atoms with Crippen molar-refractivity contribution in [2.75, 3.05) is 32.6 Å². The number of nitrogens with one attached hydrogen (secondary N) is 2. The summed E-state index contributed by atoms with van der Waals surface area (Å²) < 4.78 is 7.34. The Morgan fingerprint density at radius 1 is 1.57 bits per heavy atom. The van der Waals surface area contributed by atoms with Crippen molar-refractivity contribution in [3.63, 3.8) is 0 Å². The van der Waals surface area contributed by atoms with Crippen molar-refractivity contribution in [2.45, 2.75) is 13.5 Å². The molecule has 0 radical (unpaired) electrons. The predicted octanol–water partition coefficient (Wildman–Crippen LogP) is 0.976. The van der Waals surface area contributed by atoms with Gasteiger partial charge in [-0.15, -0.1) is 0 Å². The molecule has 0 amide bonds. The molecule has 2 heterocycles. The van der Waals surface area contributed by atoms with Gasteiger partial charge in [-0.25, -0.2) is 4.98 Å². The Labute approximate surface area is 132 Å². The average molecular weight is 326 g/mol. The van der Waals surface area contributed by atoms with Crippen LogP contribution in [-0.2, 0) is 11.3 Å². The summed E-state index contributed by atoms with van der Waals surface area (Å²) in [5, 5.41) is 7.37. The van der Waals surface area contributed by atoms with Crippen LogP contribution in [-0.4, -0.2) is 47.0 Å². The van der Waals surface area contributed by atoms with E-state index in [9.17, 15) is 0 Å². The number of aromatic nitrogens is 3. The second kappa shape index (κ2) is 7.43. The second-order valence-electron chi connectivity index (χ2n) is 4.06. The van der Waals surface area contributed by atoms with E-state index in [0.29, 0.717) is 29.7 Å². The van der Waals surface area contributed by atoms with E-state index < -0.39 is 0 Å². The van der Waals surface area contributed by atoms with Crippen LogP contribution in [0.25, 0.3) is 11.2 Å². The first-order chi connectivity index (χ1) is 10.2. The molecule has 0 unspecified atom stereocenters. The number of imidazole rings is 1. The first kappa shape index (κ1) is 15.8. The zero-order valence-electron chi connectivity index (χ0n) is 12.2. The summed E-state index contributed by atoms with van der Waals surface area (Å²) in [6.45, 7) is 3.99. The number of ether oxygens (including phenoxy) is 1. The van der Waals surface area contributed by atoms with Gasteiger partial charge < -0.3 is 19.9 Å². The third-order valence-corrected chi connectivity index (χ3v) is 4.01. The average Bonchev–Trinajstić information content (AvgIpc) is 2.90. The lowest BCUT2D eigenvalue weighted by atomic mass is 10.5. The van der Waals surface area contributed by atoms with Crippen molar-refractivity contribution < 1.29 is 4.74 Å². The molecule has 2 aromatic heterocycles. The third kappa shape index (κ3) is 3.74. The minimum Gasteiger partial charge on any atom is -0.380 e. The smallest absolute Gasteiger partial charge is 0.208 e. The lowest BCUT2D eigenvalue weighted by molar-refractivity contribution is 0.139. The highest BCUT2D eigenvalue weighted by molar-refractivity contribution is 7.80. The van der Waals surface area contributed by atoms with Crippen LogP contribution in [0.5, 0.6) is 0 Å². The van der Waals surface area contributed by atoms with E-state index in [1.165, 1.54) is 11.3 Å². The molecule has 0 fully saturated rings. The monoisotopic (exact) mass is 326 g/mol. The molecule has 0 aliphatic heterocycles. The second-order valence-corrected chi connectivity index (χ2v) is 5.45. The molecular formula is C12H18N6OS2. The Bertz CT molecular complexity index is 693. The maximum atomic E-state index is 5.38. The van der Waals surface area contributed by atoms with Gasteiger partial charge in [-0.3, -0.25) is 4.99 Å². The van der Waals surface area contributed by atoms with Gasteiger partial charge >= 0.3 is 0 Å². The maximum Gasteiger partial charge on any atom is 0.208 e. The summed E-state index contributed by atoms with van der Waals surface area (Å²) in [5.74, 6) is 0. The number of hydrogen-bond donors (Lipinski definition) is 2. The first-order valence-corrected chi connectivity index (χ1v) is 7.77. The Morgan fingerprint density at radius 2 is 2.38 bits per heavy atom. The molecule has 114 valence electrons. The molecule has 0 atom stereocenters. The summed E-state index contributed by atoms with van der Waals surface area (Å²) >= 11 is 6.56.